The average molecular weight is 269 g/mol. The number of allylic oxidation sites excluding steroid dienone is 1. The summed E-state index contributed by atoms with van der Waals surface area (Å²) in [6.45, 7) is 5.51. The fourth-order valence-electron chi connectivity index (χ4n) is 1.98. The monoisotopic (exact) mass is 269 g/mol. The summed E-state index contributed by atoms with van der Waals surface area (Å²) in [6.07, 6.45) is 4.41. The van der Waals surface area contributed by atoms with E-state index < -0.39 is 5.60 Å². The largest absolute Gasteiger partial charge is 0.466 e. The number of rotatable bonds is 2. The summed E-state index contributed by atoms with van der Waals surface area (Å²) in [4.78, 5) is 22.7. The van der Waals surface area contributed by atoms with Gasteiger partial charge in [-0.25, -0.2) is 9.59 Å². The molecule has 0 aliphatic heterocycles. The first-order valence-electron chi connectivity index (χ1n) is 6.57. The molecule has 0 bridgehead atoms. The molecule has 1 rings (SSSR count). The standard InChI is InChI=1S/C14H23NO4/c1-14(2,3)19-13(17)15-11-7-5-10(6-8-11)9-12(16)18-4/h9,11H,5-8H2,1-4H3,(H,15,17). The van der Waals surface area contributed by atoms with Gasteiger partial charge in [0.05, 0.1) is 7.11 Å². The SMILES string of the molecule is COC(=O)C=C1CCC(NC(=O)OC(C)(C)C)CC1. The average Bonchev–Trinajstić information content (AvgIpc) is 2.29. The van der Waals surface area contributed by atoms with E-state index in [4.69, 9.17) is 4.74 Å². The van der Waals surface area contributed by atoms with E-state index in [9.17, 15) is 9.59 Å². The molecule has 0 heterocycles. The molecule has 5 heteroatoms. The van der Waals surface area contributed by atoms with Gasteiger partial charge in [0.2, 0.25) is 0 Å². The Morgan fingerprint density at radius 3 is 2.32 bits per heavy atom. The smallest absolute Gasteiger partial charge is 0.407 e. The summed E-state index contributed by atoms with van der Waals surface area (Å²) in [5, 5.41) is 2.86. The van der Waals surface area contributed by atoms with Gasteiger partial charge in [0.15, 0.2) is 0 Å². The topological polar surface area (TPSA) is 64.6 Å². The Balaban J connectivity index is 2.36. The van der Waals surface area contributed by atoms with Gasteiger partial charge in [0.1, 0.15) is 5.60 Å². The van der Waals surface area contributed by atoms with E-state index in [0.29, 0.717) is 0 Å². The minimum atomic E-state index is -0.477. The van der Waals surface area contributed by atoms with Crippen LogP contribution in [0, 0.1) is 0 Å². The van der Waals surface area contributed by atoms with Crippen molar-refractivity contribution in [1.29, 1.82) is 0 Å². The number of ether oxygens (including phenoxy) is 2. The van der Waals surface area contributed by atoms with Gasteiger partial charge in [-0.05, 0) is 46.5 Å². The van der Waals surface area contributed by atoms with E-state index in [0.717, 1.165) is 31.3 Å². The lowest BCUT2D eigenvalue weighted by Gasteiger charge is -2.27. The number of nitrogens with one attached hydrogen (secondary N) is 1. The number of alkyl carbamates (subject to hydrolysis) is 1. The van der Waals surface area contributed by atoms with Crippen LogP contribution in [0.15, 0.2) is 11.6 Å². The molecule has 0 spiro atoms. The molecule has 1 N–H and O–H groups in total. The minimum Gasteiger partial charge on any atom is -0.466 e. The van der Waals surface area contributed by atoms with E-state index >= 15 is 0 Å². The van der Waals surface area contributed by atoms with E-state index in [1.54, 1.807) is 6.08 Å². The number of methoxy groups -OCH3 is 1. The first-order valence-corrected chi connectivity index (χ1v) is 6.57. The van der Waals surface area contributed by atoms with Crippen LogP contribution >= 0.6 is 0 Å². The molecule has 1 aliphatic carbocycles. The summed E-state index contributed by atoms with van der Waals surface area (Å²) in [7, 11) is 1.37. The fourth-order valence-corrected chi connectivity index (χ4v) is 1.98. The van der Waals surface area contributed by atoms with Crippen molar-refractivity contribution in [3.05, 3.63) is 11.6 Å². The molecule has 0 radical (unpaired) electrons. The van der Waals surface area contributed by atoms with Crippen molar-refractivity contribution in [2.75, 3.05) is 7.11 Å². The van der Waals surface area contributed by atoms with E-state index in [2.05, 4.69) is 10.1 Å². The second kappa shape index (κ2) is 6.59. The zero-order valence-corrected chi connectivity index (χ0v) is 12.1. The van der Waals surface area contributed by atoms with Crippen LogP contribution < -0.4 is 5.32 Å². The van der Waals surface area contributed by atoms with Crippen LogP contribution in [0.3, 0.4) is 0 Å². The summed E-state index contributed by atoms with van der Waals surface area (Å²) < 4.78 is 9.80. The van der Waals surface area contributed by atoms with E-state index in [-0.39, 0.29) is 18.1 Å². The summed E-state index contributed by atoms with van der Waals surface area (Å²) in [5.74, 6) is -0.312. The van der Waals surface area contributed by atoms with Crippen molar-refractivity contribution in [1.82, 2.24) is 5.32 Å². The maximum Gasteiger partial charge on any atom is 0.407 e. The highest BCUT2D eigenvalue weighted by Gasteiger charge is 2.22. The van der Waals surface area contributed by atoms with Crippen LogP contribution in [0.25, 0.3) is 0 Å². The van der Waals surface area contributed by atoms with Gasteiger partial charge in [-0.1, -0.05) is 5.57 Å². The lowest BCUT2D eigenvalue weighted by Crippen LogP contribution is -2.40. The molecule has 0 aromatic carbocycles. The van der Waals surface area contributed by atoms with Crippen molar-refractivity contribution < 1.29 is 19.1 Å². The van der Waals surface area contributed by atoms with Gasteiger partial charge in [0, 0.05) is 12.1 Å². The first-order chi connectivity index (χ1) is 8.80. The Labute approximate surface area is 114 Å². The number of hydrogen-bond donors (Lipinski definition) is 1. The summed E-state index contributed by atoms with van der Waals surface area (Å²) >= 11 is 0. The zero-order chi connectivity index (χ0) is 14.5. The number of carbonyl (C=O) groups is 2. The van der Waals surface area contributed by atoms with Crippen molar-refractivity contribution in [2.45, 2.75) is 58.1 Å². The predicted octanol–water partition coefficient (Wildman–Crippen LogP) is 2.55. The summed E-state index contributed by atoms with van der Waals surface area (Å²) in [6, 6.07) is 0.115. The Bertz CT molecular complexity index is 358. The number of esters is 1. The number of carbonyl (C=O) groups excluding carboxylic acids is 2. The Kier molecular flexibility index (Phi) is 5.39. The summed E-state index contributed by atoms with van der Waals surface area (Å²) in [5.41, 5.74) is 0.600. The van der Waals surface area contributed by atoms with E-state index in [1.165, 1.54) is 7.11 Å². The Hall–Kier alpha value is -1.52. The van der Waals surface area contributed by atoms with Crippen molar-refractivity contribution in [3.63, 3.8) is 0 Å². The molecule has 19 heavy (non-hydrogen) atoms. The molecular formula is C14H23NO4. The zero-order valence-electron chi connectivity index (χ0n) is 12.1. The van der Waals surface area contributed by atoms with Crippen LogP contribution in [0.5, 0.6) is 0 Å². The molecule has 0 saturated heterocycles. The highest BCUT2D eigenvalue weighted by Crippen LogP contribution is 2.23. The molecule has 5 nitrogen and oxygen atoms in total. The normalized spacial score (nSPS) is 19.6. The minimum absolute atomic E-state index is 0.115. The van der Waals surface area contributed by atoms with Crippen LogP contribution in [0.1, 0.15) is 46.5 Å². The lowest BCUT2D eigenvalue weighted by atomic mass is 9.91. The van der Waals surface area contributed by atoms with Gasteiger partial charge in [0.25, 0.3) is 0 Å². The van der Waals surface area contributed by atoms with Crippen molar-refractivity contribution >= 4 is 12.1 Å². The molecule has 108 valence electrons. The predicted molar refractivity (Wildman–Crippen MR) is 71.7 cm³/mol. The quantitative estimate of drug-likeness (QED) is 0.618. The second-order valence-electron chi connectivity index (χ2n) is 5.75. The molecule has 0 aromatic heterocycles. The van der Waals surface area contributed by atoms with Crippen LogP contribution in [0.2, 0.25) is 0 Å². The molecule has 0 aromatic rings. The Morgan fingerprint density at radius 1 is 1.26 bits per heavy atom. The van der Waals surface area contributed by atoms with Crippen LogP contribution in [-0.2, 0) is 14.3 Å². The molecule has 1 amide bonds. The third-order valence-corrected chi connectivity index (χ3v) is 2.87. The number of amides is 1. The lowest BCUT2D eigenvalue weighted by molar-refractivity contribution is -0.134. The third kappa shape index (κ3) is 6.27. The highest BCUT2D eigenvalue weighted by atomic mass is 16.6. The van der Waals surface area contributed by atoms with Gasteiger partial charge in [-0.3, -0.25) is 0 Å². The van der Waals surface area contributed by atoms with E-state index in [1.807, 2.05) is 20.8 Å². The van der Waals surface area contributed by atoms with Crippen molar-refractivity contribution in [2.24, 2.45) is 0 Å². The third-order valence-electron chi connectivity index (χ3n) is 2.87. The second-order valence-corrected chi connectivity index (χ2v) is 5.75. The van der Waals surface area contributed by atoms with Gasteiger partial charge < -0.3 is 14.8 Å². The highest BCUT2D eigenvalue weighted by molar-refractivity contribution is 5.82. The molecule has 0 atom stereocenters. The van der Waals surface area contributed by atoms with Gasteiger partial charge in [-0.2, -0.15) is 0 Å². The Morgan fingerprint density at radius 2 is 1.84 bits per heavy atom. The molecule has 0 unspecified atom stereocenters. The molecular weight excluding hydrogens is 246 g/mol. The fraction of sp³-hybridized carbons (Fsp3) is 0.714. The number of hydrogen-bond acceptors (Lipinski definition) is 4. The first kappa shape index (κ1) is 15.5. The maximum absolute atomic E-state index is 11.6. The van der Waals surface area contributed by atoms with Crippen molar-refractivity contribution in [3.8, 4) is 0 Å². The van der Waals surface area contributed by atoms with Gasteiger partial charge in [-0.15, -0.1) is 0 Å². The van der Waals surface area contributed by atoms with Crippen LogP contribution in [0.4, 0.5) is 4.79 Å². The van der Waals surface area contributed by atoms with Crippen LogP contribution in [-0.4, -0.2) is 30.8 Å². The maximum atomic E-state index is 11.6. The molecule has 1 aliphatic rings. The molecule has 1 saturated carbocycles. The van der Waals surface area contributed by atoms with Gasteiger partial charge >= 0.3 is 12.1 Å². The molecule has 1 fully saturated rings.